The first-order valence-electron chi connectivity index (χ1n) is 17.6. The summed E-state index contributed by atoms with van der Waals surface area (Å²) in [5, 5.41) is 14.3. The van der Waals surface area contributed by atoms with E-state index in [4.69, 9.17) is 0 Å². The number of allylic oxidation sites excluding steroid dienone is 3. The summed E-state index contributed by atoms with van der Waals surface area (Å²) >= 11 is 7.95. The van der Waals surface area contributed by atoms with Crippen LogP contribution in [-0.4, -0.2) is 10.7 Å². The van der Waals surface area contributed by atoms with E-state index in [0.717, 1.165) is 59.0 Å². The van der Waals surface area contributed by atoms with Crippen LogP contribution in [0.3, 0.4) is 0 Å². The number of hydrogen-bond donors (Lipinski definition) is 1. The second kappa shape index (κ2) is 14.2. The van der Waals surface area contributed by atoms with E-state index in [-0.39, 0.29) is 23.7 Å². The number of rotatable bonds is 7. The molecule has 0 fully saturated rings. The van der Waals surface area contributed by atoms with Crippen LogP contribution in [0.15, 0.2) is 191 Å². The SMILES string of the molecule is CC1C(c2ccccc2Br)=C(c2cccc(-c3ccccc3)c2)C(O)(C2C=CC=C2)C(c2cccc(-c3ccccc3)c2)C1c1ccccc1Br. The summed E-state index contributed by atoms with van der Waals surface area (Å²) in [5.41, 5.74) is 9.77. The van der Waals surface area contributed by atoms with E-state index in [1.165, 1.54) is 5.56 Å². The molecule has 0 amide bonds. The van der Waals surface area contributed by atoms with Crippen molar-refractivity contribution in [2.24, 2.45) is 11.8 Å². The first-order valence-corrected chi connectivity index (χ1v) is 19.2. The fourth-order valence-corrected chi connectivity index (χ4v) is 9.62. The van der Waals surface area contributed by atoms with Crippen molar-refractivity contribution in [1.29, 1.82) is 0 Å². The standard InChI is InChI=1S/C48H38Br2O/c1-32-44(40-26-10-12-28-42(40)49)46(37-22-14-20-35(30-37)33-16-4-2-5-17-33)48(51,39-24-8-9-25-39)47(45(32)41-27-11-13-29-43(41)50)38-23-15-21-36(31-38)34-18-6-3-7-19-34/h2-32,39,44,46,51H,1H3. The fourth-order valence-electron chi connectivity index (χ4n) is 8.57. The number of hydrogen-bond acceptors (Lipinski definition) is 1. The first kappa shape index (κ1) is 33.6. The molecule has 0 spiro atoms. The van der Waals surface area contributed by atoms with Gasteiger partial charge in [-0.15, -0.1) is 0 Å². The average Bonchev–Trinajstić information content (AvgIpc) is 3.73. The second-order valence-electron chi connectivity index (χ2n) is 13.6. The molecule has 51 heavy (non-hydrogen) atoms. The Kier molecular flexibility index (Phi) is 9.38. The van der Waals surface area contributed by atoms with Crippen LogP contribution in [0.2, 0.25) is 0 Å². The summed E-state index contributed by atoms with van der Waals surface area (Å²) in [5.74, 6) is -0.651. The van der Waals surface area contributed by atoms with Crippen molar-refractivity contribution in [2.45, 2.75) is 24.4 Å². The molecule has 3 heteroatoms. The molecule has 0 aromatic heterocycles. The van der Waals surface area contributed by atoms with E-state index >= 15 is 0 Å². The van der Waals surface area contributed by atoms with Gasteiger partial charge in [-0.1, -0.05) is 203 Å². The van der Waals surface area contributed by atoms with Gasteiger partial charge >= 0.3 is 0 Å². The van der Waals surface area contributed by atoms with Crippen LogP contribution < -0.4 is 0 Å². The Bertz CT molecular complexity index is 2270. The van der Waals surface area contributed by atoms with Gasteiger partial charge < -0.3 is 5.11 Å². The highest BCUT2D eigenvalue weighted by Gasteiger charge is 2.56. The van der Waals surface area contributed by atoms with Gasteiger partial charge in [0.05, 0.1) is 0 Å². The van der Waals surface area contributed by atoms with Gasteiger partial charge in [-0.2, -0.15) is 0 Å². The van der Waals surface area contributed by atoms with Gasteiger partial charge in [0.25, 0.3) is 0 Å². The molecule has 0 saturated heterocycles. The monoisotopic (exact) mass is 788 g/mol. The van der Waals surface area contributed by atoms with Gasteiger partial charge in [-0.05, 0) is 79.8 Å². The quantitative estimate of drug-likeness (QED) is 0.171. The van der Waals surface area contributed by atoms with Crippen molar-refractivity contribution in [3.63, 3.8) is 0 Å². The predicted octanol–water partition coefficient (Wildman–Crippen LogP) is 13.1. The highest BCUT2D eigenvalue weighted by molar-refractivity contribution is 9.10. The average molecular weight is 791 g/mol. The van der Waals surface area contributed by atoms with Crippen LogP contribution in [0.4, 0.5) is 0 Å². The molecule has 4 atom stereocenters. The lowest BCUT2D eigenvalue weighted by Crippen LogP contribution is -2.50. The summed E-state index contributed by atoms with van der Waals surface area (Å²) in [4.78, 5) is 0. The van der Waals surface area contributed by atoms with Crippen LogP contribution in [0.5, 0.6) is 0 Å². The zero-order chi connectivity index (χ0) is 35.0. The highest BCUT2D eigenvalue weighted by Crippen LogP contribution is 2.63. The van der Waals surface area contributed by atoms with E-state index in [0.29, 0.717) is 0 Å². The molecule has 250 valence electrons. The Morgan fingerprint density at radius 1 is 0.529 bits per heavy atom. The van der Waals surface area contributed by atoms with Crippen LogP contribution in [-0.2, 0) is 0 Å². The first-order chi connectivity index (χ1) is 24.9. The van der Waals surface area contributed by atoms with Gasteiger partial charge in [-0.25, -0.2) is 0 Å². The molecule has 0 saturated carbocycles. The zero-order valence-electron chi connectivity index (χ0n) is 28.3. The highest BCUT2D eigenvalue weighted by atomic mass is 79.9. The Morgan fingerprint density at radius 2 is 1.06 bits per heavy atom. The summed E-state index contributed by atoms with van der Waals surface area (Å²) in [6, 6.07) is 55.8. The molecule has 1 N–H and O–H groups in total. The number of aliphatic hydroxyl groups is 1. The van der Waals surface area contributed by atoms with E-state index in [2.05, 4.69) is 221 Å². The van der Waals surface area contributed by atoms with Crippen LogP contribution in [0.25, 0.3) is 33.4 Å². The number of benzene rings is 6. The smallest absolute Gasteiger partial charge is 0.108 e. The molecule has 0 heterocycles. The van der Waals surface area contributed by atoms with E-state index in [9.17, 15) is 5.11 Å². The normalized spacial score (nSPS) is 21.7. The lowest BCUT2D eigenvalue weighted by atomic mass is 9.53. The van der Waals surface area contributed by atoms with E-state index in [1.807, 2.05) is 0 Å². The zero-order valence-corrected chi connectivity index (χ0v) is 31.5. The summed E-state index contributed by atoms with van der Waals surface area (Å²) in [7, 11) is 0. The maximum atomic E-state index is 14.3. The van der Waals surface area contributed by atoms with E-state index < -0.39 is 5.60 Å². The predicted molar refractivity (Wildman–Crippen MR) is 220 cm³/mol. The molecule has 2 aliphatic rings. The molecule has 6 aromatic carbocycles. The minimum atomic E-state index is -1.34. The maximum absolute atomic E-state index is 14.3. The molecular weight excluding hydrogens is 752 g/mol. The summed E-state index contributed by atoms with van der Waals surface area (Å²) in [6.45, 7) is 2.36. The van der Waals surface area contributed by atoms with Crippen LogP contribution in [0.1, 0.15) is 41.0 Å². The Labute approximate surface area is 318 Å². The van der Waals surface area contributed by atoms with Crippen LogP contribution in [0, 0.1) is 11.8 Å². The fraction of sp³-hybridized carbons (Fsp3) is 0.125. The van der Waals surface area contributed by atoms with Crippen molar-refractivity contribution in [2.75, 3.05) is 0 Å². The minimum Gasteiger partial charge on any atom is -0.384 e. The molecular formula is C48H38Br2O. The Hall–Kier alpha value is -4.54. The topological polar surface area (TPSA) is 20.2 Å². The second-order valence-corrected chi connectivity index (χ2v) is 15.4. The largest absolute Gasteiger partial charge is 0.384 e. The van der Waals surface area contributed by atoms with Gasteiger partial charge in [-0.3, -0.25) is 0 Å². The molecule has 4 unspecified atom stereocenters. The molecule has 0 radical (unpaired) electrons. The van der Waals surface area contributed by atoms with Crippen molar-refractivity contribution in [1.82, 2.24) is 0 Å². The molecule has 6 aromatic rings. The lowest BCUT2D eigenvalue weighted by Gasteiger charge is -2.53. The third kappa shape index (κ3) is 6.12. The van der Waals surface area contributed by atoms with Crippen LogP contribution >= 0.6 is 31.9 Å². The Balaban J connectivity index is 1.49. The van der Waals surface area contributed by atoms with Gasteiger partial charge in [0, 0.05) is 26.7 Å². The Morgan fingerprint density at radius 3 is 1.71 bits per heavy atom. The third-order valence-electron chi connectivity index (χ3n) is 10.8. The lowest BCUT2D eigenvalue weighted by molar-refractivity contribution is 0.0275. The molecule has 1 nitrogen and oxygen atoms in total. The molecule has 2 aliphatic carbocycles. The van der Waals surface area contributed by atoms with Crippen molar-refractivity contribution in [3.05, 3.63) is 213 Å². The van der Waals surface area contributed by atoms with Crippen molar-refractivity contribution < 1.29 is 5.11 Å². The summed E-state index contributed by atoms with van der Waals surface area (Å²) < 4.78 is 2.06. The minimum absolute atomic E-state index is 0.0119. The maximum Gasteiger partial charge on any atom is 0.108 e. The van der Waals surface area contributed by atoms with Crippen molar-refractivity contribution >= 4 is 43.0 Å². The molecule has 8 rings (SSSR count). The van der Waals surface area contributed by atoms with Crippen molar-refractivity contribution in [3.8, 4) is 22.3 Å². The van der Waals surface area contributed by atoms with Gasteiger partial charge in [0.15, 0.2) is 0 Å². The summed E-state index contributed by atoms with van der Waals surface area (Å²) in [6.07, 6.45) is 8.53. The third-order valence-corrected chi connectivity index (χ3v) is 12.2. The number of halogens is 2. The van der Waals surface area contributed by atoms with Gasteiger partial charge in [0.2, 0.25) is 0 Å². The van der Waals surface area contributed by atoms with Gasteiger partial charge in [0.1, 0.15) is 5.60 Å². The molecule has 0 aliphatic heterocycles. The van der Waals surface area contributed by atoms with E-state index in [1.54, 1.807) is 0 Å². The molecule has 0 bridgehead atoms.